The van der Waals surface area contributed by atoms with Gasteiger partial charge in [0.25, 0.3) is 0 Å². The molecular formula is C10H19BrO2Zn. The summed E-state index contributed by atoms with van der Waals surface area (Å²) in [5.41, 5.74) is 0. The Morgan fingerprint density at radius 3 is 2.43 bits per heavy atom. The quantitative estimate of drug-likeness (QED) is 0.573. The van der Waals surface area contributed by atoms with Gasteiger partial charge in [0.15, 0.2) is 6.29 Å². The number of hydrogen-bond acceptors (Lipinski definition) is 2. The van der Waals surface area contributed by atoms with Gasteiger partial charge >= 0.3 is 30.0 Å². The molecule has 14 heavy (non-hydrogen) atoms. The fourth-order valence-corrected chi connectivity index (χ4v) is 1.49. The fourth-order valence-electron chi connectivity index (χ4n) is 1.49. The van der Waals surface area contributed by atoms with Gasteiger partial charge in [0.05, 0.1) is 13.2 Å². The van der Waals surface area contributed by atoms with E-state index in [9.17, 15) is 0 Å². The van der Waals surface area contributed by atoms with Crippen molar-refractivity contribution in [3.63, 3.8) is 0 Å². The molecule has 1 rings (SSSR count). The molecule has 0 N–H and O–H groups in total. The van der Waals surface area contributed by atoms with E-state index < -0.39 is 0 Å². The molecule has 1 fully saturated rings. The second-order valence-corrected chi connectivity index (χ2v) is 3.50. The van der Waals surface area contributed by atoms with Gasteiger partial charge in [-0.3, -0.25) is 0 Å². The molecule has 1 aliphatic heterocycles. The normalized spacial score (nSPS) is 18.9. The zero-order valence-electron chi connectivity index (χ0n) is 9.01. The van der Waals surface area contributed by atoms with Crippen LogP contribution in [-0.4, -0.2) is 19.5 Å². The van der Waals surface area contributed by atoms with Crippen LogP contribution in [0.2, 0.25) is 0 Å². The maximum absolute atomic E-state index is 5.34. The van der Waals surface area contributed by atoms with Gasteiger partial charge in [0, 0.05) is 0 Å². The van der Waals surface area contributed by atoms with Gasteiger partial charge in [-0.25, -0.2) is 0 Å². The van der Waals surface area contributed by atoms with Crippen molar-refractivity contribution >= 4 is 13.6 Å². The van der Waals surface area contributed by atoms with Crippen molar-refractivity contribution in [2.75, 3.05) is 13.2 Å². The van der Waals surface area contributed by atoms with Crippen LogP contribution in [0.1, 0.15) is 32.6 Å². The van der Waals surface area contributed by atoms with E-state index in [0.717, 1.165) is 32.0 Å². The zero-order chi connectivity index (χ0) is 10.8. The third-order valence-electron chi connectivity index (χ3n) is 2.28. The monoisotopic (exact) mass is 314 g/mol. The molecule has 0 spiro atoms. The molecule has 0 bridgehead atoms. The van der Waals surface area contributed by atoms with E-state index in [1.165, 1.54) is 29.2 Å². The summed E-state index contributed by atoms with van der Waals surface area (Å²) in [6.07, 6.45) is 4.57. The number of hydrogen-bond donors (Lipinski definition) is 0. The van der Waals surface area contributed by atoms with Crippen LogP contribution in [-0.2, 0) is 25.8 Å². The maximum atomic E-state index is 5.34. The molecule has 2 nitrogen and oxygen atoms in total. The van der Waals surface area contributed by atoms with Gasteiger partial charge < -0.3 is 16.4 Å². The molecule has 1 heterocycles. The third kappa shape index (κ3) is 7.33. The first-order chi connectivity index (χ1) is 6.83. The third-order valence-corrected chi connectivity index (χ3v) is 2.28. The van der Waals surface area contributed by atoms with Crippen molar-refractivity contribution in [3.05, 3.63) is 6.92 Å². The first-order valence-electron chi connectivity index (χ1n) is 5.12. The molecule has 0 radical (unpaired) electrons. The Morgan fingerprint density at radius 2 is 1.93 bits per heavy atom. The Bertz CT molecular complexity index is 119. The Balaban J connectivity index is 0.000000791. The summed E-state index contributed by atoms with van der Waals surface area (Å²) in [4.78, 5) is 0. The molecule has 0 aromatic carbocycles. The van der Waals surface area contributed by atoms with Crippen LogP contribution < -0.4 is 0 Å². The topological polar surface area (TPSA) is 18.5 Å². The predicted octanol–water partition coefficient (Wildman–Crippen LogP) is 3.23. The number of halogens is 1. The molecule has 80 valence electrons. The van der Waals surface area contributed by atoms with Gasteiger partial charge in [-0.2, -0.15) is 6.42 Å². The Labute approximate surface area is 104 Å². The summed E-state index contributed by atoms with van der Waals surface area (Å²) in [6.45, 7) is 7.65. The first-order valence-corrected chi connectivity index (χ1v) is 12.1. The van der Waals surface area contributed by atoms with E-state index in [4.69, 9.17) is 9.47 Å². The molecule has 1 saturated heterocycles. The summed E-state index contributed by atoms with van der Waals surface area (Å²) in [5, 5.41) is 0. The SMILES string of the molecule is [CH2-]CC[C@@H](C)CCC1OCCO1.[Zn+][Br]. The van der Waals surface area contributed by atoms with E-state index in [-0.39, 0.29) is 6.29 Å². The molecule has 0 unspecified atom stereocenters. The molecule has 4 heteroatoms. The molecule has 1 aliphatic rings. The minimum atomic E-state index is 0.0808. The van der Waals surface area contributed by atoms with E-state index in [1.54, 1.807) is 0 Å². The number of ether oxygens (including phenoxy) is 2. The Morgan fingerprint density at radius 1 is 1.36 bits per heavy atom. The van der Waals surface area contributed by atoms with Crippen LogP contribution in [0.4, 0.5) is 0 Å². The van der Waals surface area contributed by atoms with Gasteiger partial charge in [-0.15, -0.1) is 0 Å². The van der Waals surface area contributed by atoms with E-state index in [1.807, 2.05) is 0 Å². The van der Waals surface area contributed by atoms with Crippen LogP contribution in [0.25, 0.3) is 0 Å². The molecule has 0 amide bonds. The van der Waals surface area contributed by atoms with Gasteiger partial charge in [-0.1, -0.05) is 13.3 Å². The van der Waals surface area contributed by atoms with Crippen molar-refractivity contribution in [1.29, 1.82) is 0 Å². The van der Waals surface area contributed by atoms with E-state index >= 15 is 0 Å². The minimum absolute atomic E-state index is 0.0808. The van der Waals surface area contributed by atoms with Crippen molar-refractivity contribution in [2.24, 2.45) is 5.92 Å². The molecule has 0 aromatic rings. The Hall–Kier alpha value is 1.02. The standard InChI is InChI=1S/C10H19O2.BrH.Zn/c1-3-4-9(2)5-6-10-11-7-8-12-10;;/h9-10H,1,3-8H2,2H3;1H;/q-1;;+2/p-1/t9-;;/m1../s1. The Kier molecular flexibility index (Phi) is 11.3. The second kappa shape index (κ2) is 10.5. The summed E-state index contributed by atoms with van der Waals surface area (Å²) >= 11 is 4.25. The van der Waals surface area contributed by atoms with Crippen LogP contribution in [0.15, 0.2) is 0 Å². The van der Waals surface area contributed by atoms with Crippen molar-refractivity contribution in [3.8, 4) is 0 Å². The van der Waals surface area contributed by atoms with Crippen molar-refractivity contribution in [1.82, 2.24) is 0 Å². The molecule has 0 saturated carbocycles. The van der Waals surface area contributed by atoms with Crippen LogP contribution >= 0.6 is 13.6 Å². The molecule has 1 atom stereocenters. The van der Waals surface area contributed by atoms with E-state index in [2.05, 4.69) is 27.5 Å². The van der Waals surface area contributed by atoms with E-state index in [0.29, 0.717) is 0 Å². The summed E-state index contributed by atoms with van der Waals surface area (Å²) in [5.74, 6) is 0.760. The van der Waals surface area contributed by atoms with Crippen LogP contribution in [0, 0.1) is 12.8 Å². The molecular weight excluding hydrogens is 297 g/mol. The summed E-state index contributed by atoms with van der Waals surface area (Å²) < 4.78 is 10.7. The van der Waals surface area contributed by atoms with Crippen LogP contribution in [0.3, 0.4) is 0 Å². The summed E-state index contributed by atoms with van der Waals surface area (Å²) in [7, 11) is 0. The number of rotatable bonds is 5. The first kappa shape index (κ1) is 15.0. The fraction of sp³-hybridized carbons (Fsp3) is 0.900. The average Bonchev–Trinajstić information content (AvgIpc) is 2.71. The molecule has 0 aliphatic carbocycles. The van der Waals surface area contributed by atoms with Gasteiger partial charge in [0.1, 0.15) is 0 Å². The summed E-state index contributed by atoms with van der Waals surface area (Å²) in [6, 6.07) is 0. The zero-order valence-corrected chi connectivity index (χ0v) is 13.6. The van der Waals surface area contributed by atoms with Gasteiger partial charge in [0.2, 0.25) is 0 Å². The van der Waals surface area contributed by atoms with Crippen LogP contribution in [0.5, 0.6) is 0 Å². The molecule has 0 aromatic heterocycles. The average molecular weight is 317 g/mol. The van der Waals surface area contributed by atoms with Gasteiger partial charge in [-0.05, 0) is 18.8 Å². The predicted molar refractivity (Wildman–Crippen MR) is 57.6 cm³/mol. The second-order valence-electron chi connectivity index (χ2n) is 3.50. The van der Waals surface area contributed by atoms with Crippen molar-refractivity contribution < 1.29 is 25.8 Å². The van der Waals surface area contributed by atoms with Crippen molar-refractivity contribution in [2.45, 2.75) is 38.9 Å².